The molecule has 0 radical (unpaired) electrons. The molecule has 2 heterocycles. The molecule has 0 aliphatic rings. The van der Waals surface area contributed by atoms with Crippen molar-refractivity contribution in [2.75, 3.05) is 5.73 Å². The minimum absolute atomic E-state index is 0.310. The summed E-state index contributed by atoms with van der Waals surface area (Å²) in [6, 6.07) is 13.6. The lowest BCUT2D eigenvalue weighted by molar-refractivity contribution is -0.649. The maximum atomic E-state index is 13.1. The van der Waals surface area contributed by atoms with E-state index in [1.165, 1.54) is 12.1 Å². The summed E-state index contributed by atoms with van der Waals surface area (Å²) in [5.74, 6) is 0.197. The first kappa shape index (κ1) is 13.3. The van der Waals surface area contributed by atoms with E-state index in [1.54, 1.807) is 23.0 Å². The third kappa shape index (κ3) is 2.18. The van der Waals surface area contributed by atoms with E-state index in [0.29, 0.717) is 22.8 Å². The number of nitrogens with one attached hydrogen (secondary N) is 1. The lowest BCUT2D eigenvalue weighted by Crippen LogP contribution is -2.35. The number of fused-ring (bicyclic) bond motifs is 1. The lowest BCUT2D eigenvalue weighted by atomic mass is 10.1. The summed E-state index contributed by atoms with van der Waals surface area (Å²) in [5, 5.41) is 11.5. The van der Waals surface area contributed by atoms with E-state index in [0.717, 1.165) is 10.9 Å². The third-order valence-corrected chi connectivity index (χ3v) is 3.64. The van der Waals surface area contributed by atoms with Crippen LogP contribution < -0.4 is 10.4 Å². The van der Waals surface area contributed by atoms with Crippen LogP contribution in [0.3, 0.4) is 0 Å². The van der Waals surface area contributed by atoms with Gasteiger partial charge in [-0.05, 0) is 30.3 Å². The average molecular weight is 307 g/mol. The van der Waals surface area contributed by atoms with Crippen molar-refractivity contribution >= 4 is 16.6 Å². The molecule has 3 N–H and O–H groups in total. The normalized spacial score (nSPS) is 11.0. The molecular formula is C16H12FN6+. The predicted octanol–water partition coefficient (Wildman–Crippen LogP) is 2.02. The first-order chi connectivity index (χ1) is 11.2. The predicted molar refractivity (Wildman–Crippen MR) is 83.0 cm³/mol. The number of rotatable bonds is 2. The number of H-pyrrole nitrogens is 1. The van der Waals surface area contributed by atoms with E-state index in [1.807, 2.05) is 24.3 Å². The largest absolute Gasteiger partial charge is 0.397 e. The molecule has 0 fully saturated rings. The number of aromatic amines is 1. The molecule has 23 heavy (non-hydrogen) atoms. The van der Waals surface area contributed by atoms with Gasteiger partial charge in [-0.2, -0.15) is 0 Å². The Kier molecular flexibility index (Phi) is 2.97. The van der Waals surface area contributed by atoms with Gasteiger partial charge in [0, 0.05) is 11.6 Å². The van der Waals surface area contributed by atoms with Crippen LogP contribution in [0.5, 0.6) is 0 Å². The first-order valence-corrected chi connectivity index (χ1v) is 6.96. The van der Waals surface area contributed by atoms with Crippen LogP contribution in [0.15, 0.2) is 54.7 Å². The Balaban J connectivity index is 1.91. The van der Waals surface area contributed by atoms with E-state index >= 15 is 0 Å². The van der Waals surface area contributed by atoms with E-state index in [2.05, 4.69) is 20.5 Å². The van der Waals surface area contributed by atoms with Crippen molar-refractivity contribution in [1.82, 2.24) is 20.5 Å². The molecule has 0 unspecified atom stereocenters. The zero-order valence-corrected chi connectivity index (χ0v) is 11.9. The van der Waals surface area contributed by atoms with Crippen LogP contribution in [0.4, 0.5) is 10.1 Å². The topological polar surface area (TPSA) is 84.4 Å². The number of benzene rings is 2. The van der Waals surface area contributed by atoms with Crippen molar-refractivity contribution in [2.45, 2.75) is 0 Å². The fourth-order valence-corrected chi connectivity index (χ4v) is 2.49. The smallest absolute Gasteiger partial charge is 0.340 e. The fraction of sp³-hybridized carbons (Fsp3) is 0. The van der Waals surface area contributed by atoms with E-state index in [9.17, 15) is 4.39 Å². The molecular weight excluding hydrogens is 295 g/mol. The number of hydrogen-bond acceptors (Lipinski definition) is 4. The van der Waals surface area contributed by atoms with E-state index < -0.39 is 0 Å². The van der Waals surface area contributed by atoms with Gasteiger partial charge in [0.1, 0.15) is 16.6 Å². The maximum Gasteiger partial charge on any atom is 0.340 e. The molecule has 0 saturated carbocycles. The second-order valence-corrected chi connectivity index (χ2v) is 5.04. The van der Waals surface area contributed by atoms with E-state index in [4.69, 9.17) is 5.73 Å². The van der Waals surface area contributed by atoms with Gasteiger partial charge in [0.2, 0.25) is 0 Å². The van der Waals surface area contributed by atoms with Gasteiger partial charge in [-0.15, -0.1) is 4.68 Å². The summed E-state index contributed by atoms with van der Waals surface area (Å²) in [6.07, 6.45) is 1.66. The van der Waals surface area contributed by atoms with E-state index in [-0.39, 0.29) is 5.82 Å². The molecule has 0 spiro atoms. The van der Waals surface area contributed by atoms with Crippen molar-refractivity contribution < 1.29 is 9.07 Å². The number of nitrogens with two attached hydrogens (primary N) is 1. The first-order valence-electron chi connectivity index (χ1n) is 6.96. The van der Waals surface area contributed by atoms with Crippen LogP contribution in [0.25, 0.3) is 28.0 Å². The zero-order chi connectivity index (χ0) is 15.8. The summed E-state index contributed by atoms with van der Waals surface area (Å²) in [7, 11) is 0. The molecule has 112 valence electrons. The zero-order valence-electron chi connectivity index (χ0n) is 11.9. The molecule has 0 aliphatic carbocycles. The van der Waals surface area contributed by atoms with Crippen molar-refractivity contribution in [1.29, 1.82) is 0 Å². The molecule has 2 aromatic heterocycles. The average Bonchev–Trinajstić information content (AvgIpc) is 3.05. The van der Waals surface area contributed by atoms with Gasteiger partial charge >= 0.3 is 5.82 Å². The summed E-state index contributed by atoms with van der Waals surface area (Å²) < 4.78 is 14.7. The minimum Gasteiger partial charge on any atom is -0.397 e. The fourth-order valence-electron chi connectivity index (χ4n) is 2.49. The SMILES string of the molecule is Nc1c(-c2nn[nH][n+]2-c2ccc(F)cc2)cnc2ccccc12. The minimum atomic E-state index is -0.310. The summed E-state index contributed by atoms with van der Waals surface area (Å²) in [6.45, 7) is 0. The number of tetrazole rings is 1. The van der Waals surface area contributed by atoms with Gasteiger partial charge < -0.3 is 5.73 Å². The second kappa shape index (κ2) is 5.13. The number of halogens is 1. The van der Waals surface area contributed by atoms with Gasteiger partial charge in [-0.1, -0.05) is 23.4 Å². The highest BCUT2D eigenvalue weighted by atomic mass is 19.1. The molecule has 0 amide bonds. The van der Waals surface area contributed by atoms with Gasteiger partial charge in [0.05, 0.1) is 16.8 Å². The van der Waals surface area contributed by atoms with Gasteiger partial charge in [0.15, 0.2) is 5.21 Å². The Morgan fingerprint density at radius 3 is 2.65 bits per heavy atom. The molecule has 2 aromatic carbocycles. The monoisotopic (exact) mass is 307 g/mol. The molecule has 4 rings (SSSR count). The van der Waals surface area contributed by atoms with Crippen LogP contribution in [0.2, 0.25) is 0 Å². The van der Waals surface area contributed by atoms with Crippen molar-refractivity contribution in [3.8, 4) is 17.1 Å². The highest BCUT2D eigenvalue weighted by molar-refractivity contribution is 5.96. The Bertz CT molecular complexity index is 993. The van der Waals surface area contributed by atoms with Gasteiger partial charge in [-0.25, -0.2) is 4.39 Å². The number of nitrogen functional groups attached to an aromatic ring is 1. The number of anilines is 1. The molecule has 0 saturated heterocycles. The molecule has 0 aliphatic heterocycles. The summed E-state index contributed by atoms with van der Waals surface area (Å²) in [4.78, 5) is 4.41. The second-order valence-electron chi connectivity index (χ2n) is 5.04. The Morgan fingerprint density at radius 1 is 1.04 bits per heavy atom. The van der Waals surface area contributed by atoms with Crippen LogP contribution in [-0.2, 0) is 0 Å². The van der Waals surface area contributed by atoms with Crippen LogP contribution in [-0.4, -0.2) is 20.5 Å². The Labute approximate surface area is 130 Å². The highest BCUT2D eigenvalue weighted by Crippen LogP contribution is 2.28. The number of nitrogens with zero attached hydrogens (tertiary/aromatic N) is 4. The maximum absolute atomic E-state index is 13.1. The number of pyridine rings is 1. The number of hydrogen-bond donors (Lipinski definition) is 2. The third-order valence-electron chi connectivity index (χ3n) is 3.64. The van der Waals surface area contributed by atoms with Crippen LogP contribution in [0.1, 0.15) is 0 Å². The molecule has 6 nitrogen and oxygen atoms in total. The Morgan fingerprint density at radius 2 is 1.83 bits per heavy atom. The molecule has 0 atom stereocenters. The number of para-hydroxylation sites is 1. The molecule has 0 bridgehead atoms. The van der Waals surface area contributed by atoms with Crippen LogP contribution >= 0.6 is 0 Å². The van der Waals surface area contributed by atoms with Gasteiger partial charge in [-0.3, -0.25) is 4.98 Å². The van der Waals surface area contributed by atoms with Crippen molar-refractivity contribution in [3.63, 3.8) is 0 Å². The molecule has 7 heteroatoms. The Hall–Kier alpha value is -3.35. The van der Waals surface area contributed by atoms with Crippen molar-refractivity contribution in [3.05, 3.63) is 60.5 Å². The van der Waals surface area contributed by atoms with Crippen LogP contribution in [0, 0.1) is 5.82 Å². The summed E-state index contributed by atoms with van der Waals surface area (Å²) >= 11 is 0. The summed E-state index contributed by atoms with van der Waals surface area (Å²) in [5.41, 5.74) is 9.01. The number of aromatic nitrogens is 5. The quantitative estimate of drug-likeness (QED) is 0.555. The standard InChI is InChI=1S/C16H11FN6/c17-10-5-7-11(8-6-10)23-16(20-21-22-23)13-9-19-14-4-2-1-3-12(14)15(13)18/h1-9H,(H2,18,19,20,22)/p+1. The molecule has 4 aromatic rings. The lowest BCUT2D eigenvalue weighted by Gasteiger charge is -2.05. The van der Waals surface area contributed by atoms with Crippen molar-refractivity contribution in [2.24, 2.45) is 0 Å². The van der Waals surface area contributed by atoms with Gasteiger partial charge in [0.25, 0.3) is 0 Å². The highest BCUT2D eigenvalue weighted by Gasteiger charge is 2.22.